The van der Waals surface area contributed by atoms with Gasteiger partial charge in [-0.15, -0.1) is 0 Å². The largest absolute Gasteiger partial charge is 0.468 e. The van der Waals surface area contributed by atoms with E-state index in [1.54, 1.807) is 30.0 Å². The Labute approximate surface area is 157 Å². The molecule has 0 spiro atoms. The number of likely N-dealkylation sites (N-methyl/N-ethyl adjacent to an activating group) is 1. The Bertz CT molecular complexity index is 914. The van der Waals surface area contributed by atoms with Gasteiger partial charge in [0, 0.05) is 6.54 Å². The number of rotatable bonds is 6. The molecule has 1 unspecified atom stereocenters. The predicted octanol–water partition coefficient (Wildman–Crippen LogP) is 3.25. The van der Waals surface area contributed by atoms with Gasteiger partial charge in [0.1, 0.15) is 11.6 Å². The van der Waals surface area contributed by atoms with Crippen LogP contribution in [0.5, 0.6) is 0 Å². The van der Waals surface area contributed by atoms with Crippen LogP contribution in [0.4, 0.5) is 4.39 Å². The van der Waals surface area contributed by atoms with E-state index in [4.69, 9.17) is 4.42 Å². The first kappa shape index (κ1) is 18.8. The first-order chi connectivity index (χ1) is 12.9. The van der Waals surface area contributed by atoms with Crippen LogP contribution in [0.3, 0.4) is 0 Å². The van der Waals surface area contributed by atoms with Gasteiger partial charge in [-0.1, -0.05) is 0 Å². The van der Waals surface area contributed by atoms with Crippen molar-refractivity contribution < 1.29 is 13.6 Å². The van der Waals surface area contributed by atoms with Crippen molar-refractivity contribution >= 4 is 5.91 Å². The third-order valence-corrected chi connectivity index (χ3v) is 4.54. The molecule has 1 atom stereocenters. The fourth-order valence-corrected chi connectivity index (χ4v) is 3.10. The average molecular weight is 370 g/mol. The zero-order valence-corrected chi connectivity index (χ0v) is 15.9. The average Bonchev–Trinajstić information content (AvgIpc) is 3.24. The fourth-order valence-electron chi connectivity index (χ4n) is 3.10. The maximum absolute atomic E-state index is 13.2. The lowest BCUT2D eigenvalue weighted by atomic mass is 10.1. The van der Waals surface area contributed by atoms with Gasteiger partial charge in [-0.3, -0.25) is 9.69 Å². The highest BCUT2D eigenvalue weighted by atomic mass is 19.1. The van der Waals surface area contributed by atoms with Gasteiger partial charge in [0.25, 0.3) is 5.91 Å². The van der Waals surface area contributed by atoms with Gasteiger partial charge in [0.05, 0.1) is 34.9 Å². The van der Waals surface area contributed by atoms with Gasteiger partial charge in [-0.2, -0.15) is 5.10 Å². The fraction of sp³-hybridized carbons (Fsp3) is 0.300. The summed E-state index contributed by atoms with van der Waals surface area (Å²) >= 11 is 0. The molecule has 3 aromatic rings. The Balaban J connectivity index is 1.80. The lowest BCUT2D eigenvalue weighted by molar-refractivity contribution is 0.0938. The van der Waals surface area contributed by atoms with Crippen LogP contribution in [0.2, 0.25) is 0 Å². The van der Waals surface area contributed by atoms with Gasteiger partial charge in [-0.25, -0.2) is 9.07 Å². The van der Waals surface area contributed by atoms with Crippen molar-refractivity contribution in [1.29, 1.82) is 0 Å². The lowest BCUT2D eigenvalue weighted by Crippen LogP contribution is -2.34. The van der Waals surface area contributed by atoms with Crippen molar-refractivity contribution in [1.82, 2.24) is 20.0 Å². The molecule has 0 saturated carbocycles. The van der Waals surface area contributed by atoms with Crippen molar-refractivity contribution in [2.45, 2.75) is 19.9 Å². The number of amides is 1. The van der Waals surface area contributed by atoms with E-state index in [2.05, 4.69) is 10.4 Å². The Kier molecular flexibility index (Phi) is 5.41. The Morgan fingerprint density at radius 2 is 1.96 bits per heavy atom. The topological polar surface area (TPSA) is 63.3 Å². The van der Waals surface area contributed by atoms with Crippen molar-refractivity contribution in [2.24, 2.45) is 0 Å². The van der Waals surface area contributed by atoms with Gasteiger partial charge < -0.3 is 9.73 Å². The molecular weight excluding hydrogens is 347 g/mol. The number of hydrogen-bond donors (Lipinski definition) is 1. The van der Waals surface area contributed by atoms with E-state index in [-0.39, 0.29) is 17.8 Å². The summed E-state index contributed by atoms with van der Waals surface area (Å²) in [5.74, 6) is 0.276. The van der Waals surface area contributed by atoms with E-state index in [1.165, 1.54) is 12.1 Å². The summed E-state index contributed by atoms with van der Waals surface area (Å²) < 4.78 is 20.3. The maximum atomic E-state index is 13.2. The molecule has 6 nitrogen and oxygen atoms in total. The molecule has 27 heavy (non-hydrogen) atoms. The van der Waals surface area contributed by atoms with E-state index in [1.807, 2.05) is 38.1 Å². The first-order valence-electron chi connectivity index (χ1n) is 8.68. The minimum Gasteiger partial charge on any atom is -0.468 e. The number of aryl methyl sites for hydroxylation is 1. The minimum absolute atomic E-state index is 0.0725. The highest BCUT2D eigenvalue weighted by Gasteiger charge is 2.22. The predicted molar refractivity (Wildman–Crippen MR) is 100 cm³/mol. The highest BCUT2D eigenvalue weighted by Crippen LogP contribution is 2.20. The number of hydrogen-bond acceptors (Lipinski definition) is 4. The lowest BCUT2D eigenvalue weighted by Gasteiger charge is -2.22. The van der Waals surface area contributed by atoms with Crippen LogP contribution >= 0.6 is 0 Å². The van der Waals surface area contributed by atoms with Crippen LogP contribution in [0.1, 0.15) is 33.5 Å². The van der Waals surface area contributed by atoms with Crippen molar-refractivity contribution in [2.75, 3.05) is 20.6 Å². The molecule has 1 aromatic carbocycles. The smallest absolute Gasteiger partial charge is 0.255 e. The molecule has 142 valence electrons. The van der Waals surface area contributed by atoms with Crippen LogP contribution < -0.4 is 5.32 Å². The van der Waals surface area contributed by atoms with Crippen LogP contribution in [0.15, 0.2) is 47.1 Å². The second kappa shape index (κ2) is 7.75. The Hall–Kier alpha value is -2.93. The standard InChI is InChI=1S/C20H23FN4O2/c1-13-19(14(2)25(23-13)16-9-7-15(21)8-10-16)20(26)22-12-17(24(3)4)18-6-5-11-27-18/h5-11,17H,12H2,1-4H3,(H,22,26). The third-order valence-electron chi connectivity index (χ3n) is 4.54. The Morgan fingerprint density at radius 3 is 2.56 bits per heavy atom. The zero-order valence-electron chi connectivity index (χ0n) is 15.9. The number of furan rings is 1. The summed E-state index contributed by atoms with van der Waals surface area (Å²) in [5.41, 5.74) is 2.55. The molecule has 2 heterocycles. The summed E-state index contributed by atoms with van der Waals surface area (Å²) in [6, 6.07) is 9.66. The number of halogens is 1. The molecule has 0 aliphatic rings. The van der Waals surface area contributed by atoms with Crippen molar-refractivity contribution in [3.8, 4) is 5.69 Å². The normalized spacial score (nSPS) is 12.4. The Morgan fingerprint density at radius 1 is 1.26 bits per heavy atom. The van der Waals surface area contributed by atoms with Gasteiger partial charge in [0.2, 0.25) is 0 Å². The van der Waals surface area contributed by atoms with E-state index < -0.39 is 0 Å². The van der Waals surface area contributed by atoms with Crippen LogP contribution in [-0.2, 0) is 0 Å². The summed E-state index contributed by atoms with van der Waals surface area (Å²) in [6.07, 6.45) is 1.62. The van der Waals surface area contributed by atoms with Gasteiger partial charge in [0.15, 0.2) is 0 Å². The first-order valence-corrected chi connectivity index (χ1v) is 8.68. The van der Waals surface area contributed by atoms with Crippen LogP contribution in [0.25, 0.3) is 5.69 Å². The highest BCUT2D eigenvalue weighted by molar-refractivity contribution is 5.96. The second-order valence-corrected chi connectivity index (χ2v) is 6.64. The molecule has 0 fully saturated rings. The quantitative estimate of drug-likeness (QED) is 0.723. The van der Waals surface area contributed by atoms with E-state index in [9.17, 15) is 9.18 Å². The molecule has 2 aromatic heterocycles. The molecule has 3 rings (SSSR count). The summed E-state index contributed by atoms with van der Waals surface area (Å²) in [5, 5.41) is 7.42. The van der Waals surface area contributed by atoms with Crippen LogP contribution in [0, 0.1) is 19.7 Å². The van der Waals surface area contributed by atoms with E-state index in [0.29, 0.717) is 29.2 Å². The summed E-state index contributed by atoms with van der Waals surface area (Å²) in [7, 11) is 3.87. The number of benzene rings is 1. The second-order valence-electron chi connectivity index (χ2n) is 6.64. The minimum atomic E-state index is -0.314. The summed E-state index contributed by atoms with van der Waals surface area (Å²) in [6.45, 7) is 4.02. The number of nitrogens with zero attached hydrogens (tertiary/aromatic N) is 3. The monoisotopic (exact) mass is 370 g/mol. The molecule has 0 radical (unpaired) electrons. The summed E-state index contributed by atoms with van der Waals surface area (Å²) in [4.78, 5) is 14.8. The molecule has 0 aliphatic heterocycles. The zero-order chi connectivity index (χ0) is 19.6. The molecule has 7 heteroatoms. The molecular formula is C20H23FN4O2. The number of nitrogens with one attached hydrogen (secondary N) is 1. The molecule has 1 amide bonds. The van der Waals surface area contributed by atoms with Crippen molar-refractivity contribution in [3.05, 3.63) is 71.2 Å². The van der Waals surface area contributed by atoms with E-state index in [0.717, 1.165) is 5.76 Å². The van der Waals surface area contributed by atoms with Gasteiger partial charge in [-0.05, 0) is 64.3 Å². The van der Waals surface area contributed by atoms with Crippen molar-refractivity contribution in [3.63, 3.8) is 0 Å². The molecule has 1 N–H and O–H groups in total. The molecule has 0 bridgehead atoms. The van der Waals surface area contributed by atoms with Gasteiger partial charge >= 0.3 is 0 Å². The van der Waals surface area contributed by atoms with E-state index >= 15 is 0 Å². The maximum Gasteiger partial charge on any atom is 0.255 e. The third kappa shape index (κ3) is 3.93. The van der Waals surface area contributed by atoms with Crippen LogP contribution in [-0.4, -0.2) is 41.2 Å². The molecule has 0 aliphatic carbocycles. The number of carbonyl (C=O) groups is 1. The SMILES string of the molecule is Cc1nn(-c2ccc(F)cc2)c(C)c1C(=O)NCC(c1ccco1)N(C)C. The number of aromatic nitrogens is 2. The molecule has 0 saturated heterocycles. The number of carbonyl (C=O) groups excluding carboxylic acids is 1.